The van der Waals surface area contributed by atoms with Crippen LogP contribution in [0.15, 0.2) is 54.7 Å². The lowest BCUT2D eigenvalue weighted by Gasteiger charge is -2.34. The van der Waals surface area contributed by atoms with E-state index in [2.05, 4.69) is 42.9 Å². The standard InChI is InChI=1S/C32H37ClN4O4/c1-20-8-6-9-24(26-10-7-11-27(35-26)37-30(40-5)25(16-34-37)31(38)39)29(20)41-18-22-13-12-21-17-36(19-32(2,3)4)15-14-23(21)28(22)33/h6-13,16,31,38-39H,14-15,17-19H2,1-5H3. The zero-order chi connectivity index (χ0) is 29.3. The summed E-state index contributed by atoms with van der Waals surface area (Å²) in [4.78, 5) is 7.31. The van der Waals surface area contributed by atoms with E-state index < -0.39 is 6.29 Å². The average Bonchev–Trinajstić information content (AvgIpc) is 3.37. The van der Waals surface area contributed by atoms with Gasteiger partial charge in [-0.1, -0.05) is 62.7 Å². The summed E-state index contributed by atoms with van der Waals surface area (Å²) < 4.78 is 13.3. The summed E-state index contributed by atoms with van der Waals surface area (Å²) in [5, 5.41) is 24.4. The summed E-state index contributed by atoms with van der Waals surface area (Å²) in [6.45, 7) is 12.1. The van der Waals surface area contributed by atoms with Crippen molar-refractivity contribution >= 4 is 11.6 Å². The van der Waals surface area contributed by atoms with E-state index in [0.29, 0.717) is 18.1 Å². The van der Waals surface area contributed by atoms with Crippen molar-refractivity contribution in [1.82, 2.24) is 19.7 Å². The Morgan fingerprint density at radius 3 is 2.59 bits per heavy atom. The van der Waals surface area contributed by atoms with Gasteiger partial charge < -0.3 is 19.7 Å². The molecule has 0 saturated heterocycles. The van der Waals surface area contributed by atoms with Gasteiger partial charge in [-0.3, -0.25) is 4.90 Å². The summed E-state index contributed by atoms with van der Waals surface area (Å²) in [6.07, 6.45) is 0.566. The van der Waals surface area contributed by atoms with Crippen molar-refractivity contribution in [2.24, 2.45) is 5.41 Å². The van der Waals surface area contributed by atoms with Crippen LogP contribution in [0.4, 0.5) is 0 Å². The van der Waals surface area contributed by atoms with Crippen LogP contribution in [0.1, 0.15) is 54.9 Å². The van der Waals surface area contributed by atoms with Crippen molar-refractivity contribution in [2.75, 3.05) is 20.2 Å². The number of pyridine rings is 1. The second-order valence-electron chi connectivity index (χ2n) is 11.7. The fourth-order valence-electron chi connectivity index (χ4n) is 5.42. The molecule has 0 aliphatic carbocycles. The molecule has 0 atom stereocenters. The summed E-state index contributed by atoms with van der Waals surface area (Å²) >= 11 is 6.94. The van der Waals surface area contributed by atoms with Crippen LogP contribution in [0.25, 0.3) is 17.1 Å². The van der Waals surface area contributed by atoms with E-state index in [9.17, 15) is 10.2 Å². The lowest BCUT2D eigenvalue weighted by Crippen LogP contribution is -2.37. The quantitative estimate of drug-likeness (QED) is 0.253. The van der Waals surface area contributed by atoms with Crippen molar-refractivity contribution in [2.45, 2.75) is 53.6 Å². The predicted molar refractivity (Wildman–Crippen MR) is 159 cm³/mol. The number of fused-ring (bicyclic) bond motifs is 1. The third-order valence-electron chi connectivity index (χ3n) is 7.22. The van der Waals surface area contributed by atoms with Crippen molar-refractivity contribution in [3.05, 3.63) is 87.6 Å². The molecule has 0 bridgehead atoms. The monoisotopic (exact) mass is 576 g/mol. The van der Waals surface area contributed by atoms with Crippen LogP contribution in [0.2, 0.25) is 5.02 Å². The van der Waals surface area contributed by atoms with E-state index in [1.807, 2.05) is 37.3 Å². The molecule has 0 spiro atoms. The fraction of sp³-hybridized carbons (Fsp3) is 0.375. The minimum atomic E-state index is -1.71. The third-order valence-corrected chi connectivity index (χ3v) is 7.70. The highest BCUT2D eigenvalue weighted by Gasteiger charge is 2.24. The van der Waals surface area contributed by atoms with Gasteiger partial charge in [0.15, 0.2) is 12.1 Å². The number of nitrogens with zero attached hydrogens (tertiary/aromatic N) is 4. The van der Waals surface area contributed by atoms with Gasteiger partial charge in [-0.2, -0.15) is 9.78 Å². The smallest absolute Gasteiger partial charge is 0.226 e. The van der Waals surface area contributed by atoms with Crippen LogP contribution in [0.5, 0.6) is 11.6 Å². The maximum atomic E-state index is 9.66. The van der Waals surface area contributed by atoms with Gasteiger partial charge in [-0.05, 0) is 53.6 Å². The Labute approximate surface area is 246 Å². The topological polar surface area (TPSA) is 92.9 Å². The zero-order valence-electron chi connectivity index (χ0n) is 24.2. The Morgan fingerprint density at radius 2 is 1.85 bits per heavy atom. The van der Waals surface area contributed by atoms with Gasteiger partial charge in [-0.15, -0.1) is 0 Å². The molecular formula is C32H37ClN4O4. The highest BCUT2D eigenvalue weighted by molar-refractivity contribution is 6.32. The highest BCUT2D eigenvalue weighted by Crippen LogP contribution is 2.36. The molecule has 2 aromatic heterocycles. The minimum Gasteiger partial charge on any atom is -0.488 e. The van der Waals surface area contributed by atoms with Gasteiger partial charge in [-0.25, -0.2) is 4.98 Å². The Hall–Kier alpha value is -3.43. The van der Waals surface area contributed by atoms with E-state index >= 15 is 0 Å². The van der Waals surface area contributed by atoms with Crippen molar-refractivity contribution in [1.29, 1.82) is 0 Å². The third kappa shape index (κ3) is 6.26. The molecule has 0 saturated carbocycles. The number of para-hydroxylation sites is 1. The van der Waals surface area contributed by atoms with Gasteiger partial charge in [0.1, 0.15) is 12.4 Å². The number of aliphatic hydroxyl groups excluding tert-OH is 1. The molecule has 2 N–H and O–H groups in total. The number of rotatable bonds is 8. The van der Waals surface area contributed by atoms with Crippen LogP contribution in [-0.2, 0) is 19.6 Å². The first kappa shape index (κ1) is 29.1. The Kier molecular flexibility index (Phi) is 8.38. The Bertz CT molecular complexity index is 1540. The number of hydrogen-bond acceptors (Lipinski definition) is 7. The summed E-state index contributed by atoms with van der Waals surface area (Å²) in [5.74, 6) is 1.40. The SMILES string of the molecule is COc1c(C(O)O)cnn1-c1cccc(-c2cccc(C)c2OCc2ccc3c(c2Cl)CCN(CC(C)(C)C)C3)n1. The summed E-state index contributed by atoms with van der Waals surface area (Å²) in [5.41, 5.74) is 6.36. The number of aryl methyl sites for hydroxylation is 1. The van der Waals surface area contributed by atoms with E-state index in [0.717, 1.165) is 53.5 Å². The van der Waals surface area contributed by atoms with Gasteiger partial charge in [0, 0.05) is 30.8 Å². The number of methoxy groups -OCH3 is 1. The first-order valence-corrected chi connectivity index (χ1v) is 14.1. The molecular weight excluding hydrogens is 540 g/mol. The van der Waals surface area contributed by atoms with Crippen molar-refractivity contribution < 1.29 is 19.7 Å². The molecule has 4 aromatic rings. The van der Waals surface area contributed by atoms with Gasteiger partial charge >= 0.3 is 0 Å². The molecule has 2 aromatic carbocycles. The van der Waals surface area contributed by atoms with E-state index in [4.69, 9.17) is 26.1 Å². The Morgan fingerprint density at radius 1 is 1.07 bits per heavy atom. The molecule has 216 valence electrons. The fourth-order valence-corrected chi connectivity index (χ4v) is 5.75. The molecule has 0 radical (unpaired) electrons. The van der Waals surface area contributed by atoms with Crippen molar-refractivity contribution in [3.8, 4) is 28.7 Å². The largest absolute Gasteiger partial charge is 0.488 e. The van der Waals surface area contributed by atoms with Crippen LogP contribution < -0.4 is 9.47 Å². The van der Waals surface area contributed by atoms with Crippen molar-refractivity contribution in [3.63, 3.8) is 0 Å². The number of hydrogen-bond donors (Lipinski definition) is 2. The maximum absolute atomic E-state index is 9.66. The highest BCUT2D eigenvalue weighted by atomic mass is 35.5. The summed E-state index contributed by atoms with van der Waals surface area (Å²) in [6, 6.07) is 15.8. The molecule has 41 heavy (non-hydrogen) atoms. The Balaban J connectivity index is 1.40. The lowest BCUT2D eigenvalue weighted by molar-refractivity contribution is -0.0439. The molecule has 9 heteroatoms. The minimum absolute atomic E-state index is 0.156. The first-order chi connectivity index (χ1) is 19.6. The van der Waals surface area contributed by atoms with Crippen LogP contribution >= 0.6 is 11.6 Å². The molecule has 5 rings (SSSR count). The van der Waals surface area contributed by atoms with Gasteiger partial charge in [0.05, 0.1) is 29.6 Å². The van der Waals surface area contributed by atoms with E-state index in [1.54, 1.807) is 6.07 Å². The first-order valence-electron chi connectivity index (χ1n) is 13.8. The number of benzene rings is 2. The van der Waals surface area contributed by atoms with Crippen LogP contribution in [-0.4, -0.2) is 50.1 Å². The molecule has 8 nitrogen and oxygen atoms in total. The zero-order valence-corrected chi connectivity index (χ0v) is 24.9. The van der Waals surface area contributed by atoms with Gasteiger partial charge in [0.25, 0.3) is 0 Å². The van der Waals surface area contributed by atoms with Crippen LogP contribution in [0, 0.1) is 12.3 Å². The summed E-state index contributed by atoms with van der Waals surface area (Å²) in [7, 11) is 1.45. The predicted octanol–water partition coefficient (Wildman–Crippen LogP) is 5.87. The molecule has 1 aliphatic rings. The van der Waals surface area contributed by atoms with E-state index in [1.165, 1.54) is 29.1 Å². The normalized spacial score (nSPS) is 13.9. The molecule has 3 heterocycles. The van der Waals surface area contributed by atoms with Gasteiger partial charge in [0.2, 0.25) is 5.88 Å². The van der Waals surface area contributed by atoms with E-state index in [-0.39, 0.29) is 16.9 Å². The number of aliphatic hydroxyl groups is 2. The molecule has 1 aliphatic heterocycles. The number of halogens is 1. The number of ether oxygens (including phenoxy) is 2. The lowest BCUT2D eigenvalue weighted by atomic mass is 9.92. The molecule has 0 unspecified atom stereocenters. The molecule has 0 fully saturated rings. The second-order valence-corrected chi connectivity index (χ2v) is 12.1. The average molecular weight is 577 g/mol. The van der Waals surface area contributed by atoms with Crippen LogP contribution in [0.3, 0.4) is 0 Å². The second kappa shape index (κ2) is 11.8. The number of aromatic nitrogens is 3. The molecule has 0 amide bonds. The maximum Gasteiger partial charge on any atom is 0.226 e.